The zero-order valence-corrected chi connectivity index (χ0v) is 6.15. The van der Waals surface area contributed by atoms with Gasteiger partial charge in [-0.25, -0.2) is 0 Å². The van der Waals surface area contributed by atoms with E-state index in [9.17, 15) is 5.11 Å². The first-order chi connectivity index (χ1) is 4.52. The van der Waals surface area contributed by atoms with Crippen LogP contribution in [0.2, 0.25) is 0 Å². The molecule has 1 heterocycles. The second-order valence-electron chi connectivity index (χ2n) is 2.85. The lowest BCUT2D eigenvalue weighted by molar-refractivity contribution is -0.889. The minimum Gasteiger partial charge on any atom is -0.384 e. The summed E-state index contributed by atoms with van der Waals surface area (Å²) in [5.74, 6) is 0.380. The fourth-order valence-electron chi connectivity index (χ4n) is 0.671. The predicted octanol–water partition coefficient (Wildman–Crippen LogP) is -0.777. The molecular weight excluding hydrogens is 130 g/mol. The molecule has 0 spiro atoms. The molecule has 0 aromatic carbocycles. The fourth-order valence-corrected chi connectivity index (χ4v) is 0.671. The maximum atomic E-state index is 9.26. The summed E-state index contributed by atoms with van der Waals surface area (Å²) in [6.45, 7) is 0. The highest BCUT2D eigenvalue weighted by Crippen LogP contribution is 2.10. The molecule has 4 heteroatoms. The molecule has 0 saturated heterocycles. The van der Waals surface area contributed by atoms with Gasteiger partial charge >= 0.3 is 0 Å². The number of amidine groups is 1. The molecule has 0 amide bonds. The van der Waals surface area contributed by atoms with Crippen molar-refractivity contribution in [2.24, 2.45) is 10.7 Å². The van der Waals surface area contributed by atoms with Crippen LogP contribution in [0.25, 0.3) is 0 Å². The Bertz CT molecular complexity index is 195. The van der Waals surface area contributed by atoms with Crippen molar-refractivity contribution in [3.63, 3.8) is 0 Å². The lowest BCUT2D eigenvalue weighted by Crippen LogP contribution is -2.46. The first-order valence-corrected chi connectivity index (χ1v) is 3.06. The predicted molar refractivity (Wildman–Crippen MR) is 38.9 cm³/mol. The van der Waals surface area contributed by atoms with Crippen molar-refractivity contribution in [2.75, 3.05) is 14.1 Å². The van der Waals surface area contributed by atoms with Crippen LogP contribution in [0, 0.1) is 0 Å². The number of hydrogen-bond donors (Lipinski definition) is 2. The average Bonchev–Trinajstić information content (AvgIpc) is 1.81. The summed E-state index contributed by atoms with van der Waals surface area (Å²) in [6.07, 6.45) is 2.73. The monoisotopic (exact) mass is 142 g/mol. The quantitative estimate of drug-likeness (QED) is 0.436. The maximum Gasteiger partial charge on any atom is 0.297 e. The van der Waals surface area contributed by atoms with Gasteiger partial charge in [0, 0.05) is 6.08 Å². The third kappa shape index (κ3) is 1.17. The largest absolute Gasteiger partial charge is 0.384 e. The second-order valence-corrected chi connectivity index (χ2v) is 2.85. The van der Waals surface area contributed by atoms with E-state index in [1.165, 1.54) is 0 Å². The van der Waals surface area contributed by atoms with Crippen LogP contribution < -0.4 is 5.73 Å². The van der Waals surface area contributed by atoms with Crippen molar-refractivity contribution in [2.45, 2.75) is 6.35 Å². The molecule has 10 heavy (non-hydrogen) atoms. The van der Waals surface area contributed by atoms with Crippen LogP contribution >= 0.6 is 0 Å². The smallest absolute Gasteiger partial charge is 0.297 e. The molecule has 0 aliphatic carbocycles. The molecule has 1 atom stereocenters. The summed E-state index contributed by atoms with van der Waals surface area (Å²) in [4.78, 5) is 3.77. The number of quaternary nitrogens is 1. The highest BCUT2D eigenvalue weighted by Gasteiger charge is 2.25. The standard InChI is InChI=1S/C6H12N3O/c1-9(2)4-3-5(7)8-6(9)10/h3-4,6,10H,1-2H3,(H2,7,8)/q+1. The highest BCUT2D eigenvalue weighted by atomic mass is 16.3. The summed E-state index contributed by atoms with van der Waals surface area (Å²) in [5, 5.41) is 9.26. The van der Waals surface area contributed by atoms with E-state index in [0.29, 0.717) is 10.3 Å². The van der Waals surface area contributed by atoms with E-state index in [-0.39, 0.29) is 0 Å². The SMILES string of the molecule is C[N+]1(C)C=CC(N)=NC1O. The van der Waals surface area contributed by atoms with Gasteiger partial charge in [0.25, 0.3) is 6.35 Å². The van der Waals surface area contributed by atoms with E-state index in [4.69, 9.17) is 5.73 Å². The molecule has 1 aliphatic heterocycles. The Labute approximate surface area is 59.9 Å². The molecular formula is C6H12N3O+. The Kier molecular flexibility index (Phi) is 1.50. The lowest BCUT2D eigenvalue weighted by atomic mass is 10.4. The molecule has 0 aromatic heterocycles. The van der Waals surface area contributed by atoms with Crippen LogP contribution in [0.15, 0.2) is 17.3 Å². The summed E-state index contributed by atoms with van der Waals surface area (Å²) >= 11 is 0. The lowest BCUT2D eigenvalue weighted by Gasteiger charge is -2.29. The minimum atomic E-state index is -0.759. The maximum absolute atomic E-state index is 9.26. The van der Waals surface area contributed by atoms with Gasteiger partial charge in [-0.2, -0.15) is 4.99 Å². The van der Waals surface area contributed by atoms with Gasteiger partial charge in [0.2, 0.25) is 0 Å². The molecule has 0 saturated carbocycles. The van der Waals surface area contributed by atoms with Crippen LogP contribution in [0.1, 0.15) is 0 Å². The van der Waals surface area contributed by atoms with Crippen LogP contribution in [-0.2, 0) is 0 Å². The number of aliphatic imine (C=N–C) groups is 1. The van der Waals surface area contributed by atoms with Gasteiger partial charge < -0.3 is 10.8 Å². The number of rotatable bonds is 0. The molecule has 0 fully saturated rings. The number of aliphatic hydroxyl groups is 1. The molecule has 1 unspecified atom stereocenters. The zero-order chi connectivity index (χ0) is 7.78. The highest BCUT2D eigenvalue weighted by molar-refractivity contribution is 5.91. The molecule has 4 nitrogen and oxygen atoms in total. The minimum absolute atomic E-state index is 0.334. The topological polar surface area (TPSA) is 58.6 Å². The van der Waals surface area contributed by atoms with Crippen molar-refractivity contribution in [3.05, 3.63) is 12.3 Å². The average molecular weight is 142 g/mol. The molecule has 1 aliphatic rings. The van der Waals surface area contributed by atoms with Crippen molar-refractivity contribution < 1.29 is 9.59 Å². The van der Waals surface area contributed by atoms with Gasteiger partial charge in [0.1, 0.15) is 12.0 Å². The molecule has 3 N–H and O–H groups in total. The van der Waals surface area contributed by atoms with E-state index >= 15 is 0 Å². The van der Waals surface area contributed by atoms with E-state index in [1.807, 2.05) is 14.1 Å². The summed E-state index contributed by atoms with van der Waals surface area (Å²) in [5.41, 5.74) is 5.34. The van der Waals surface area contributed by atoms with Gasteiger partial charge in [-0.05, 0) is 0 Å². The summed E-state index contributed by atoms with van der Waals surface area (Å²) in [6, 6.07) is 0. The van der Waals surface area contributed by atoms with Crippen LogP contribution in [-0.4, -0.2) is 35.9 Å². The van der Waals surface area contributed by atoms with E-state index in [0.717, 1.165) is 0 Å². The first-order valence-electron chi connectivity index (χ1n) is 3.06. The van der Waals surface area contributed by atoms with Crippen molar-refractivity contribution in [1.29, 1.82) is 0 Å². The van der Waals surface area contributed by atoms with E-state index < -0.39 is 6.35 Å². The Morgan fingerprint density at radius 1 is 1.70 bits per heavy atom. The van der Waals surface area contributed by atoms with Gasteiger partial charge in [-0.1, -0.05) is 0 Å². The van der Waals surface area contributed by atoms with Crippen LogP contribution in [0.5, 0.6) is 0 Å². The van der Waals surface area contributed by atoms with Gasteiger partial charge in [0.05, 0.1) is 14.1 Å². The second kappa shape index (κ2) is 2.07. The van der Waals surface area contributed by atoms with Gasteiger partial charge in [-0.3, -0.25) is 4.48 Å². The molecule has 56 valence electrons. The van der Waals surface area contributed by atoms with E-state index in [2.05, 4.69) is 4.99 Å². The van der Waals surface area contributed by atoms with Crippen LogP contribution in [0.3, 0.4) is 0 Å². The van der Waals surface area contributed by atoms with Crippen molar-refractivity contribution in [3.8, 4) is 0 Å². The van der Waals surface area contributed by atoms with Crippen molar-refractivity contribution >= 4 is 5.84 Å². The normalized spacial score (nSPS) is 29.9. The molecule has 0 bridgehead atoms. The molecule has 0 radical (unpaired) electrons. The van der Waals surface area contributed by atoms with Gasteiger partial charge in [0.15, 0.2) is 0 Å². The number of hydrogen-bond acceptors (Lipinski definition) is 3. The first kappa shape index (κ1) is 7.24. The Balaban J connectivity index is 2.84. The van der Waals surface area contributed by atoms with E-state index in [1.54, 1.807) is 12.3 Å². The number of aliphatic hydroxyl groups excluding tert-OH is 1. The third-order valence-corrected chi connectivity index (χ3v) is 1.49. The van der Waals surface area contributed by atoms with Gasteiger partial charge in [-0.15, -0.1) is 0 Å². The Morgan fingerprint density at radius 3 is 2.70 bits per heavy atom. The Hall–Kier alpha value is -0.870. The third-order valence-electron chi connectivity index (χ3n) is 1.49. The Morgan fingerprint density at radius 2 is 2.30 bits per heavy atom. The fraction of sp³-hybridized carbons (Fsp3) is 0.500. The number of nitrogens with two attached hydrogens (primary N) is 1. The summed E-state index contributed by atoms with van der Waals surface area (Å²) < 4.78 is 0.334. The van der Waals surface area contributed by atoms with Crippen LogP contribution in [0.4, 0.5) is 0 Å². The molecule has 1 rings (SSSR count). The van der Waals surface area contributed by atoms with Crippen molar-refractivity contribution in [1.82, 2.24) is 0 Å². The number of nitrogens with zero attached hydrogens (tertiary/aromatic N) is 2. The molecule has 0 aromatic rings. The summed E-state index contributed by atoms with van der Waals surface area (Å²) in [7, 11) is 3.69. The zero-order valence-electron chi connectivity index (χ0n) is 6.15.